The number of halogens is 2. The molecule has 1 atom stereocenters. The van der Waals surface area contributed by atoms with Gasteiger partial charge in [-0.2, -0.15) is 0 Å². The van der Waals surface area contributed by atoms with Crippen LogP contribution in [-0.2, 0) is 5.60 Å². The summed E-state index contributed by atoms with van der Waals surface area (Å²) >= 11 is 5.94. The zero-order valence-corrected chi connectivity index (χ0v) is 9.61. The lowest BCUT2D eigenvalue weighted by atomic mass is 9.93. The van der Waals surface area contributed by atoms with Crippen LogP contribution in [0.1, 0.15) is 18.9 Å². The van der Waals surface area contributed by atoms with Crippen molar-refractivity contribution in [2.75, 3.05) is 6.54 Å². The average molecular weight is 236 g/mol. The van der Waals surface area contributed by atoms with E-state index in [1.807, 2.05) is 18.2 Å². The van der Waals surface area contributed by atoms with Crippen molar-refractivity contribution in [2.45, 2.75) is 18.9 Å². The Kier molecular flexibility index (Phi) is 5.45. The van der Waals surface area contributed by atoms with Crippen LogP contribution in [0.5, 0.6) is 0 Å². The van der Waals surface area contributed by atoms with Crippen molar-refractivity contribution in [3.63, 3.8) is 0 Å². The fraction of sp³-hybridized carbons (Fsp3) is 0.400. The molecule has 0 saturated heterocycles. The van der Waals surface area contributed by atoms with E-state index in [0.717, 1.165) is 5.56 Å². The SMILES string of the molecule is CC(O)(CCN)c1ccccc1Cl.Cl. The smallest absolute Gasteiger partial charge is 0.0894 e. The Bertz CT molecular complexity index is 289. The van der Waals surface area contributed by atoms with Crippen LogP contribution >= 0.6 is 24.0 Å². The van der Waals surface area contributed by atoms with E-state index in [9.17, 15) is 5.11 Å². The molecule has 0 spiro atoms. The Labute approximate surface area is 95.5 Å². The number of hydrogen-bond donors (Lipinski definition) is 2. The van der Waals surface area contributed by atoms with Crippen molar-refractivity contribution in [3.05, 3.63) is 34.9 Å². The van der Waals surface area contributed by atoms with Gasteiger partial charge in [-0.1, -0.05) is 29.8 Å². The molecule has 0 aliphatic heterocycles. The van der Waals surface area contributed by atoms with Gasteiger partial charge >= 0.3 is 0 Å². The van der Waals surface area contributed by atoms with Crippen LogP contribution < -0.4 is 5.73 Å². The van der Waals surface area contributed by atoms with E-state index in [1.54, 1.807) is 13.0 Å². The highest BCUT2D eigenvalue weighted by Gasteiger charge is 2.23. The Morgan fingerprint density at radius 3 is 2.50 bits per heavy atom. The molecule has 1 aromatic carbocycles. The second kappa shape index (κ2) is 5.56. The second-order valence-electron chi connectivity index (χ2n) is 3.29. The van der Waals surface area contributed by atoms with Crippen molar-refractivity contribution in [2.24, 2.45) is 5.73 Å². The van der Waals surface area contributed by atoms with Gasteiger partial charge in [-0.3, -0.25) is 0 Å². The maximum absolute atomic E-state index is 10.0. The molecule has 14 heavy (non-hydrogen) atoms. The van der Waals surface area contributed by atoms with Crippen LogP contribution in [0, 0.1) is 0 Å². The first-order chi connectivity index (χ1) is 6.08. The molecule has 0 fully saturated rings. The Hall–Kier alpha value is -0.280. The summed E-state index contributed by atoms with van der Waals surface area (Å²) in [7, 11) is 0. The summed E-state index contributed by atoms with van der Waals surface area (Å²) in [5.41, 5.74) is 5.21. The van der Waals surface area contributed by atoms with Gasteiger partial charge in [0.1, 0.15) is 0 Å². The molecular formula is C10H15Cl2NO. The lowest BCUT2D eigenvalue weighted by Crippen LogP contribution is -2.25. The van der Waals surface area contributed by atoms with Gasteiger partial charge in [-0.25, -0.2) is 0 Å². The Morgan fingerprint density at radius 1 is 1.43 bits per heavy atom. The van der Waals surface area contributed by atoms with Gasteiger partial charge in [0.15, 0.2) is 0 Å². The molecule has 0 radical (unpaired) electrons. The van der Waals surface area contributed by atoms with E-state index < -0.39 is 5.60 Å². The van der Waals surface area contributed by atoms with Gasteiger partial charge in [0.2, 0.25) is 0 Å². The molecule has 1 aromatic rings. The van der Waals surface area contributed by atoms with Crippen molar-refractivity contribution in [1.29, 1.82) is 0 Å². The van der Waals surface area contributed by atoms with Gasteiger partial charge in [-0.05, 0) is 26.0 Å². The average Bonchev–Trinajstić information content (AvgIpc) is 2.04. The highest BCUT2D eigenvalue weighted by molar-refractivity contribution is 6.31. The van der Waals surface area contributed by atoms with Gasteiger partial charge in [0, 0.05) is 10.6 Å². The third-order valence-electron chi connectivity index (χ3n) is 2.09. The summed E-state index contributed by atoms with van der Waals surface area (Å²) in [5, 5.41) is 10.6. The molecule has 80 valence electrons. The molecule has 0 bridgehead atoms. The van der Waals surface area contributed by atoms with E-state index in [4.69, 9.17) is 17.3 Å². The van der Waals surface area contributed by atoms with Crippen LogP contribution in [0.25, 0.3) is 0 Å². The van der Waals surface area contributed by atoms with Crippen molar-refractivity contribution >= 4 is 24.0 Å². The first-order valence-corrected chi connectivity index (χ1v) is 4.63. The number of aliphatic hydroxyl groups is 1. The molecular weight excluding hydrogens is 221 g/mol. The molecule has 0 aliphatic rings. The molecule has 0 amide bonds. The lowest BCUT2D eigenvalue weighted by molar-refractivity contribution is 0.0505. The van der Waals surface area contributed by atoms with Crippen molar-refractivity contribution in [3.8, 4) is 0 Å². The molecule has 0 aliphatic carbocycles. The van der Waals surface area contributed by atoms with Gasteiger partial charge in [0.25, 0.3) is 0 Å². The van der Waals surface area contributed by atoms with E-state index in [0.29, 0.717) is 18.0 Å². The highest BCUT2D eigenvalue weighted by atomic mass is 35.5. The van der Waals surface area contributed by atoms with Crippen LogP contribution in [0.15, 0.2) is 24.3 Å². The summed E-state index contributed by atoms with van der Waals surface area (Å²) in [6.45, 7) is 2.17. The molecule has 0 saturated carbocycles. The molecule has 1 unspecified atom stereocenters. The summed E-state index contributed by atoms with van der Waals surface area (Å²) in [4.78, 5) is 0. The lowest BCUT2D eigenvalue weighted by Gasteiger charge is -2.23. The van der Waals surface area contributed by atoms with E-state index in [-0.39, 0.29) is 12.4 Å². The monoisotopic (exact) mass is 235 g/mol. The standard InChI is InChI=1S/C10H14ClNO.ClH/c1-10(13,6-7-12)8-4-2-3-5-9(8)11;/h2-5,13H,6-7,12H2,1H3;1H. The molecule has 0 aromatic heterocycles. The molecule has 2 nitrogen and oxygen atoms in total. The zero-order valence-electron chi connectivity index (χ0n) is 8.03. The van der Waals surface area contributed by atoms with Gasteiger partial charge in [-0.15, -0.1) is 12.4 Å². The summed E-state index contributed by atoms with van der Waals surface area (Å²) < 4.78 is 0. The fourth-order valence-corrected chi connectivity index (χ4v) is 1.65. The van der Waals surface area contributed by atoms with Crippen LogP contribution in [-0.4, -0.2) is 11.7 Å². The quantitative estimate of drug-likeness (QED) is 0.845. The molecule has 0 heterocycles. The third kappa shape index (κ3) is 3.14. The highest BCUT2D eigenvalue weighted by Crippen LogP contribution is 2.29. The van der Waals surface area contributed by atoms with Gasteiger partial charge < -0.3 is 10.8 Å². The first-order valence-electron chi connectivity index (χ1n) is 4.25. The first kappa shape index (κ1) is 13.7. The number of hydrogen-bond acceptors (Lipinski definition) is 2. The van der Waals surface area contributed by atoms with Crippen LogP contribution in [0.4, 0.5) is 0 Å². The summed E-state index contributed by atoms with van der Waals surface area (Å²) in [6, 6.07) is 7.27. The van der Waals surface area contributed by atoms with Crippen molar-refractivity contribution in [1.82, 2.24) is 0 Å². The third-order valence-corrected chi connectivity index (χ3v) is 2.41. The number of benzene rings is 1. The summed E-state index contributed by atoms with van der Waals surface area (Å²) in [6.07, 6.45) is 0.511. The number of rotatable bonds is 3. The molecule has 3 N–H and O–H groups in total. The Morgan fingerprint density at radius 2 is 2.00 bits per heavy atom. The van der Waals surface area contributed by atoms with Crippen LogP contribution in [0.2, 0.25) is 5.02 Å². The van der Waals surface area contributed by atoms with Gasteiger partial charge in [0.05, 0.1) is 5.60 Å². The predicted molar refractivity (Wildman–Crippen MR) is 61.9 cm³/mol. The minimum atomic E-state index is -0.924. The normalized spacial score (nSPS) is 14.3. The maximum Gasteiger partial charge on any atom is 0.0894 e. The zero-order chi connectivity index (χ0) is 9.90. The number of nitrogens with two attached hydrogens (primary N) is 1. The largest absolute Gasteiger partial charge is 0.385 e. The predicted octanol–water partition coefficient (Wildman–Crippen LogP) is 2.32. The van der Waals surface area contributed by atoms with E-state index >= 15 is 0 Å². The van der Waals surface area contributed by atoms with Crippen molar-refractivity contribution < 1.29 is 5.11 Å². The minimum absolute atomic E-state index is 0. The fourth-order valence-electron chi connectivity index (χ4n) is 1.31. The Balaban J connectivity index is 0.00000169. The molecule has 1 rings (SSSR count). The maximum atomic E-state index is 10.0. The van der Waals surface area contributed by atoms with E-state index in [2.05, 4.69) is 0 Å². The topological polar surface area (TPSA) is 46.2 Å². The second-order valence-corrected chi connectivity index (χ2v) is 3.70. The summed E-state index contributed by atoms with van der Waals surface area (Å²) in [5.74, 6) is 0. The molecule has 4 heteroatoms. The van der Waals surface area contributed by atoms with Crippen LogP contribution in [0.3, 0.4) is 0 Å². The minimum Gasteiger partial charge on any atom is -0.385 e. The van der Waals surface area contributed by atoms with E-state index in [1.165, 1.54) is 0 Å².